The maximum atomic E-state index is 14.7. The molecule has 0 bridgehead atoms. The summed E-state index contributed by atoms with van der Waals surface area (Å²) in [6.07, 6.45) is 1.23. The number of ether oxygens (including phenoxy) is 3. The van der Waals surface area contributed by atoms with Crippen molar-refractivity contribution in [2.45, 2.75) is 76.2 Å². The molecule has 0 spiro atoms. The van der Waals surface area contributed by atoms with Gasteiger partial charge in [0.25, 0.3) is 5.91 Å². The molecule has 49 heavy (non-hydrogen) atoms. The second-order valence-electron chi connectivity index (χ2n) is 13.7. The molecule has 1 heterocycles. The smallest absolute Gasteiger partial charge is 0.306 e. The van der Waals surface area contributed by atoms with E-state index >= 15 is 0 Å². The Bertz CT molecular complexity index is 1750. The van der Waals surface area contributed by atoms with Crippen molar-refractivity contribution < 1.29 is 28.9 Å². The van der Waals surface area contributed by atoms with E-state index in [9.17, 15) is 9.59 Å². The van der Waals surface area contributed by atoms with Gasteiger partial charge in [-0.1, -0.05) is 78.9 Å². The quantitative estimate of drug-likeness (QED) is 0.128. The summed E-state index contributed by atoms with van der Waals surface area (Å²) in [7, 11) is 0. The normalized spacial score (nSPS) is 18.7. The van der Waals surface area contributed by atoms with Crippen LogP contribution < -0.4 is 10.1 Å². The van der Waals surface area contributed by atoms with Gasteiger partial charge >= 0.3 is 5.97 Å². The second kappa shape index (κ2) is 14.7. The monoisotopic (exact) mass is 660 g/mol. The first kappa shape index (κ1) is 33.9. The van der Waals surface area contributed by atoms with Crippen molar-refractivity contribution >= 4 is 17.8 Å². The van der Waals surface area contributed by atoms with E-state index in [0.717, 1.165) is 29.5 Å². The number of hydrogen-bond acceptors (Lipinski definition) is 7. The Hall–Kier alpha value is -4.95. The number of fused-ring (bicyclic) bond motifs is 1. The molecule has 0 saturated carbocycles. The van der Waals surface area contributed by atoms with Crippen molar-refractivity contribution in [3.05, 3.63) is 125 Å². The molecule has 4 aromatic carbocycles. The zero-order valence-corrected chi connectivity index (χ0v) is 28.4. The first-order valence-corrected chi connectivity index (χ1v) is 17.0. The molecule has 6 rings (SSSR count). The maximum absolute atomic E-state index is 14.7. The van der Waals surface area contributed by atoms with Crippen LogP contribution in [0.5, 0.6) is 5.75 Å². The van der Waals surface area contributed by atoms with E-state index in [2.05, 4.69) is 29.6 Å². The van der Waals surface area contributed by atoms with Gasteiger partial charge in [0, 0.05) is 31.1 Å². The lowest BCUT2D eigenvalue weighted by molar-refractivity contribution is -0.155. The fourth-order valence-corrected chi connectivity index (χ4v) is 6.51. The number of carbonyl (C=O) groups excluding carboxylic acids is 2. The van der Waals surface area contributed by atoms with Crippen LogP contribution in [0, 0.1) is 0 Å². The molecule has 8 nitrogen and oxygen atoms in total. The van der Waals surface area contributed by atoms with Crippen LogP contribution in [0.3, 0.4) is 0 Å². The molecular weight excluding hydrogens is 616 g/mol. The highest BCUT2D eigenvalue weighted by molar-refractivity contribution is 6.01. The van der Waals surface area contributed by atoms with Crippen molar-refractivity contribution in [3.8, 4) is 16.9 Å². The zero-order chi connectivity index (χ0) is 34.4. The standard InChI is InChI=1S/C41H44N2O6/c1-40(2,3)49-36(45)22-23-41(39(46)42-34-26-32-12-7-8-13-33(32)27-34)37(30-16-14-29(15-17-30)28-10-5-4-6-11-28)48-38(43-41)31-18-20-35(21-19-31)47-25-9-24-44/h4-8,10-21,34,37,44H,9,22-27H2,1-3H3,(H,42,46)/t37-,41-/m1/s1. The third-order valence-corrected chi connectivity index (χ3v) is 8.87. The number of aliphatic hydroxyl groups is 1. The summed E-state index contributed by atoms with van der Waals surface area (Å²) < 4.78 is 18.1. The number of aliphatic imine (C=N–C) groups is 1. The van der Waals surface area contributed by atoms with Crippen LogP contribution in [0.15, 0.2) is 108 Å². The molecule has 1 aliphatic heterocycles. The molecule has 4 aromatic rings. The van der Waals surface area contributed by atoms with Crippen LogP contribution in [-0.2, 0) is 31.9 Å². The van der Waals surface area contributed by atoms with E-state index in [4.69, 9.17) is 24.3 Å². The van der Waals surface area contributed by atoms with Crippen molar-refractivity contribution in [2.75, 3.05) is 13.2 Å². The molecule has 1 amide bonds. The molecule has 0 radical (unpaired) electrons. The lowest BCUT2D eigenvalue weighted by Gasteiger charge is -2.32. The predicted molar refractivity (Wildman–Crippen MR) is 189 cm³/mol. The average molecular weight is 661 g/mol. The Morgan fingerprint density at radius 3 is 2.10 bits per heavy atom. The largest absolute Gasteiger partial charge is 0.494 e. The minimum absolute atomic E-state index is 0.0219. The fraction of sp³-hybridized carbons (Fsp3) is 0.341. The Morgan fingerprint density at radius 2 is 1.47 bits per heavy atom. The molecule has 8 heteroatoms. The van der Waals surface area contributed by atoms with Crippen LogP contribution in [-0.4, -0.2) is 53.3 Å². The molecule has 0 unspecified atom stereocenters. The van der Waals surface area contributed by atoms with E-state index in [-0.39, 0.29) is 31.4 Å². The predicted octanol–water partition coefficient (Wildman–Crippen LogP) is 6.78. The molecule has 2 atom stereocenters. The third kappa shape index (κ3) is 8.03. The fourth-order valence-electron chi connectivity index (χ4n) is 6.51. The molecule has 1 aliphatic carbocycles. The number of esters is 1. The van der Waals surface area contributed by atoms with Crippen molar-refractivity contribution in [2.24, 2.45) is 4.99 Å². The van der Waals surface area contributed by atoms with Gasteiger partial charge in [0.2, 0.25) is 5.90 Å². The number of carbonyl (C=O) groups is 2. The Kier molecular flexibility index (Phi) is 10.2. The van der Waals surface area contributed by atoms with Gasteiger partial charge in [-0.25, -0.2) is 4.99 Å². The van der Waals surface area contributed by atoms with Crippen LogP contribution >= 0.6 is 0 Å². The number of amides is 1. The van der Waals surface area contributed by atoms with E-state index < -0.39 is 23.2 Å². The summed E-state index contributed by atoms with van der Waals surface area (Å²) in [5, 5.41) is 12.4. The zero-order valence-electron chi connectivity index (χ0n) is 28.4. The number of hydrogen-bond donors (Lipinski definition) is 2. The molecule has 2 aliphatic rings. The highest BCUT2D eigenvalue weighted by Gasteiger charge is 2.54. The summed E-state index contributed by atoms with van der Waals surface area (Å²) in [6, 6.07) is 33.5. The SMILES string of the molecule is CC(C)(C)OC(=O)CC[C@@]1(C(=O)NC2Cc3ccccc3C2)N=C(c2ccc(OCCCO)cc2)O[C@@H]1c1ccc(-c2ccccc2)cc1. The first-order chi connectivity index (χ1) is 23.6. The van der Waals surface area contributed by atoms with E-state index in [1.165, 1.54) is 11.1 Å². The molecule has 254 valence electrons. The summed E-state index contributed by atoms with van der Waals surface area (Å²) in [6.45, 7) is 5.93. The Labute approximate surface area is 288 Å². The summed E-state index contributed by atoms with van der Waals surface area (Å²) in [5.41, 5.74) is 3.88. The van der Waals surface area contributed by atoms with Gasteiger partial charge < -0.3 is 24.6 Å². The minimum Gasteiger partial charge on any atom is -0.494 e. The highest BCUT2D eigenvalue weighted by Crippen LogP contribution is 2.44. The molecule has 2 N–H and O–H groups in total. The van der Waals surface area contributed by atoms with Crippen LogP contribution in [0.1, 0.15) is 68.4 Å². The van der Waals surface area contributed by atoms with Gasteiger partial charge in [-0.15, -0.1) is 0 Å². The first-order valence-electron chi connectivity index (χ1n) is 17.0. The van der Waals surface area contributed by atoms with Crippen molar-refractivity contribution in [3.63, 3.8) is 0 Å². The van der Waals surface area contributed by atoms with Gasteiger partial charge in [0.1, 0.15) is 11.4 Å². The van der Waals surface area contributed by atoms with Gasteiger partial charge in [0.05, 0.1) is 6.61 Å². The van der Waals surface area contributed by atoms with Gasteiger partial charge in [-0.3, -0.25) is 9.59 Å². The van der Waals surface area contributed by atoms with Crippen LogP contribution in [0.2, 0.25) is 0 Å². The van der Waals surface area contributed by atoms with E-state index in [1.54, 1.807) is 0 Å². The van der Waals surface area contributed by atoms with Crippen LogP contribution in [0.4, 0.5) is 0 Å². The summed E-state index contributed by atoms with van der Waals surface area (Å²) in [4.78, 5) is 33.0. The minimum atomic E-state index is -1.45. The molecule has 0 aromatic heterocycles. The van der Waals surface area contributed by atoms with Gasteiger partial charge in [-0.2, -0.15) is 0 Å². The average Bonchev–Trinajstić information content (AvgIpc) is 3.70. The summed E-state index contributed by atoms with van der Waals surface area (Å²) in [5.74, 6) is 0.274. The summed E-state index contributed by atoms with van der Waals surface area (Å²) >= 11 is 0. The number of aliphatic hydroxyl groups excluding tert-OH is 1. The Morgan fingerprint density at radius 1 is 0.857 bits per heavy atom. The van der Waals surface area contributed by atoms with Gasteiger partial charge in [-0.05, 0) is 92.1 Å². The molecule has 0 fully saturated rings. The maximum Gasteiger partial charge on any atom is 0.306 e. The topological polar surface area (TPSA) is 106 Å². The lowest BCUT2D eigenvalue weighted by Crippen LogP contribution is -2.52. The third-order valence-electron chi connectivity index (χ3n) is 8.87. The molecular formula is C41H44N2O6. The Balaban J connectivity index is 1.37. The number of benzene rings is 4. The molecule has 0 saturated heterocycles. The highest BCUT2D eigenvalue weighted by atomic mass is 16.6. The van der Waals surface area contributed by atoms with Crippen molar-refractivity contribution in [1.82, 2.24) is 5.32 Å². The number of rotatable bonds is 12. The number of nitrogens with zero attached hydrogens (tertiary/aromatic N) is 1. The second-order valence-corrected chi connectivity index (χ2v) is 13.7. The van der Waals surface area contributed by atoms with E-state index in [0.29, 0.717) is 30.2 Å². The number of nitrogens with one attached hydrogen (secondary N) is 1. The van der Waals surface area contributed by atoms with E-state index in [1.807, 2.05) is 99.6 Å². The van der Waals surface area contributed by atoms with Crippen molar-refractivity contribution in [1.29, 1.82) is 0 Å². The lowest BCUT2D eigenvalue weighted by atomic mass is 9.82. The van der Waals surface area contributed by atoms with Crippen LogP contribution in [0.25, 0.3) is 11.1 Å². The van der Waals surface area contributed by atoms with Gasteiger partial charge in [0.15, 0.2) is 11.6 Å².